The van der Waals surface area contributed by atoms with E-state index in [1.165, 1.54) is 94.6 Å². The number of aromatic amines is 1. The van der Waals surface area contributed by atoms with Gasteiger partial charge in [0.25, 0.3) is 0 Å². The largest absolute Gasteiger partial charge is 0.316 e. The van der Waals surface area contributed by atoms with Crippen LogP contribution in [0.15, 0.2) is 24.3 Å². The van der Waals surface area contributed by atoms with E-state index in [0.717, 1.165) is 30.9 Å². The van der Waals surface area contributed by atoms with E-state index in [-0.39, 0.29) is 0 Å². The number of unbranched alkanes of at least 4 members (excludes halogenated alkanes) is 12. The maximum Gasteiger partial charge on any atom is 0.116 e. The minimum atomic E-state index is 0.915. The van der Waals surface area contributed by atoms with E-state index in [0.29, 0.717) is 0 Å². The molecule has 0 aliphatic heterocycles. The zero-order valence-electron chi connectivity index (χ0n) is 19.5. The Labute approximate surface area is 184 Å². The molecule has 0 amide bonds. The van der Waals surface area contributed by atoms with Crippen LogP contribution in [0.1, 0.15) is 102 Å². The van der Waals surface area contributed by atoms with Crippen LogP contribution < -0.4 is 5.32 Å². The third-order valence-electron chi connectivity index (χ3n) is 6.02. The van der Waals surface area contributed by atoms with Gasteiger partial charge in [0.15, 0.2) is 0 Å². The fraction of sp³-hybridized carbons (Fsp3) is 0.692. The minimum absolute atomic E-state index is 0.915. The van der Waals surface area contributed by atoms with Gasteiger partial charge in [0.1, 0.15) is 5.69 Å². The van der Waals surface area contributed by atoms with Crippen molar-refractivity contribution in [2.24, 2.45) is 0 Å². The molecule has 0 radical (unpaired) electrons. The van der Waals surface area contributed by atoms with Gasteiger partial charge < -0.3 is 5.32 Å². The topological polar surface area (TPSA) is 53.6 Å². The smallest absolute Gasteiger partial charge is 0.116 e. The van der Waals surface area contributed by atoms with Gasteiger partial charge in [-0.15, -0.1) is 0 Å². The van der Waals surface area contributed by atoms with Crippen LogP contribution in [0.4, 0.5) is 0 Å². The van der Waals surface area contributed by atoms with Crippen molar-refractivity contribution in [1.29, 1.82) is 0 Å². The Balaban J connectivity index is 1.42. The Bertz CT molecular complexity index is 665. The summed E-state index contributed by atoms with van der Waals surface area (Å²) in [6.45, 7) is 6.48. The third-order valence-corrected chi connectivity index (χ3v) is 6.02. The molecule has 168 valence electrons. The van der Waals surface area contributed by atoms with Crippen molar-refractivity contribution in [1.82, 2.24) is 20.7 Å². The SMILES string of the molecule is CCCCCCCCCCCCCCCNCCc1n[nH]nc1-c1ccccc1C. The highest BCUT2D eigenvalue weighted by Gasteiger charge is 2.11. The Morgan fingerprint density at radius 2 is 1.33 bits per heavy atom. The van der Waals surface area contributed by atoms with Gasteiger partial charge >= 0.3 is 0 Å². The van der Waals surface area contributed by atoms with Gasteiger partial charge in [-0.3, -0.25) is 0 Å². The highest BCUT2D eigenvalue weighted by molar-refractivity contribution is 5.65. The molecule has 0 aliphatic rings. The quantitative estimate of drug-likeness (QED) is 0.259. The molecular formula is C26H44N4. The van der Waals surface area contributed by atoms with Gasteiger partial charge in [-0.1, -0.05) is 108 Å². The molecule has 4 nitrogen and oxygen atoms in total. The first-order valence-corrected chi connectivity index (χ1v) is 12.5. The zero-order chi connectivity index (χ0) is 21.3. The van der Waals surface area contributed by atoms with E-state index < -0.39 is 0 Å². The summed E-state index contributed by atoms with van der Waals surface area (Å²) in [6.07, 6.45) is 19.2. The molecule has 1 aromatic heterocycles. The number of aryl methyl sites for hydroxylation is 1. The molecule has 0 aliphatic carbocycles. The zero-order valence-corrected chi connectivity index (χ0v) is 19.5. The second-order valence-electron chi connectivity index (χ2n) is 8.68. The van der Waals surface area contributed by atoms with E-state index in [2.05, 4.69) is 58.8 Å². The second-order valence-corrected chi connectivity index (χ2v) is 8.68. The fourth-order valence-electron chi connectivity index (χ4n) is 4.08. The number of nitrogens with zero attached hydrogens (tertiary/aromatic N) is 2. The van der Waals surface area contributed by atoms with Crippen LogP contribution in [0.25, 0.3) is 11.3 Å². The van der Waals surface area contributed by atoms with Crippen LogP contribution in [0, 0.1) is 6.92 Å². The molecular weight excluding hydrogens is 368 g/mol. The predicted molar refractivity (Wildman–Crippen MR) is 129 cm³/mol. The molecule has 4 heteroatoms. The highest BCUT2D eigenvalue weighted by atomic mass is 15.3. The summed E-state index contributed by atoms with van der Waals surface area (Å²) in [7, 11) is 0. The van der Waals surface area contributed by atoms with E-state index >= 15 is 0 Å². The lowest BCUT2D eigenvalue weighted by atomic mass is 10.0. The van der Waals surface area contributed by atoms with Crippen LogP contribution in [0.2, 0.25) is 0 Å². The highest BCUT2D eigenvalue weighted by Crippen LogP contribution is 2.23. The molecule has 0 spiro atoms. The van der Waals surface area contributed by atoms with Crippen molar-refractivity contribution in [3.05, 3.63) is 35.5 Å². The average molecular weight is 413 g/mol. The predicted octanol–water partition coefficient (Wildman–Crippen LogP) is 7.00. The molecule has 0 bridgehead atoms. The van der Waals surface area contributed by atoms with Crippen LogP contribution in [0.5, 0.6) is 0 Å². The monoisotopic (exact) mass is 412 g/mol. The van der Waals surface area contributed by atoms with Crippen molar-refractivity contribution in [3.8, 4) is 11.3 Å². The second kappa shape index (κ2) is 16.1. The first-order chi connectivity index (χ1) is 14.8. The van der Waals surface area contributed by atoms with E-state index in [1.54, 1.807) is 0 Å². The number of aromatic nitrogens is 3. The Kier molecular flexibility index (Phi) is 13.2. The lowest BCUT2D eigenvalue weighted by Crippen LogP contribution is -2.18. The summed E-state index contributed by atoms with van der Waals surface area (Å²) in [5.74, 6) is 0. The lowest BCUT2D eigenvalue weighted by Gasteiger charge is -2.06. The van der Waals surface area contributed by atoms with Gasteiger partial charge in [0, 0.05) is 18.5 Å². The van der Waals surface area contributed by atoms with Crippen LogP contribution in [0.3, 0.4) is 0 Å². The molecule has 30 heavy (non-hydrogen) atoms. The Morgan fingerprint density at radius 1 is 0.733 bits per heavy atom. The first kappa shape index (κ1) is 24.6. The summed E-state index contributed by atoms with van der Waals surface area (Å²) in [5.41, 5.74) is 4.48. The van der Waals surface area contributed by atoms with Crippen molar-refractivity contribution in [3.63, 3.8) is 0 Å². The molecule has 2 aromatic rings. The molecule has 0 saturated heterocycles. The fourth-order valence-corrected chi connectivity index (χ4v) is 4.08. The summed E-state index contributed by atoms with van der Waals surface area (Å²) in [6, 6.07) is 8.38. The maximum atomic E-state index is 4.38. The number of hydrogen-bond acceptors (Lipinski definition) is 3. The molecule has 0 saturated carbocycles. The van der Waals surface area contributed by atoms with Crippen molar-refractivity contribution in [2.75, 3.05) is 13.1 Å². The standard InChI is InChI=1S/C26H44N4/c1-3-4-5-6-7-8-9-10-11-12-13-14-17-21-27-22-20-25-26(29-30-28-25)24-19-16-15-18-23(24)2/h15-16,18-19,27H,3-14,17,20-22H2,1-2H3,(H,28,29,30). The van der Waals surface area contributed by atoms with Crippen molar-refractivity contribution >= 4 is 0 Å². The number of nitrogens with one attached hydrogen (secondary N) is 2. The lowest BCUT2D eigenvalue weighted by molar-refractivity contribution is 0.532. The summed E-state index contributed by atoms with van der Waals surface area (Å²) >= 11 is 0. The molecule has 2 N–H and O–H groups in total. The van der Waals surface area contributed by atoms with Gasteiger partial charge in [-0.2, -0.15) is 15.4 Å². The Morgan fingerprint density at radius 3 is 1.97 bits per heavy atom. The van der Waals surface area contributed by atoms with Crippen LogP contribution in [-0.4, -0.2) is 28.5 Å². The molecule has 1 heterocycles. The summed E-state index contributed by atoms with van der Waals surface area (Å²) in [4.78, 5) is 0. The van der Waals surface area contributed by atoms with Crippen molar-refractivity contribution in [2.45, 2.75) is 104 Å². The molecule has 0 atom stereocenters. The third kappa shape index (κ3) is 9.88. The number of rotatable bonds is 18. The Hall–Kier alpha value is -1.68. The van der Waals surface area contributed by atoms with Gasteiger partial charge in [-0.05, 0) is 25.5 Å². The summed E-state index contributed by atoms with van der Waals surface area (Å²) in [5, 5.41) is 15.1. The molecule has 0 fully saturated rings. The van der Waals surface area contributed by atoms with E-state index in [9.17, 15) is 0 Å². The number of H-pyrrole nitrogens is 1. The summed E-state index contributed by atoms with van der Waals surface area (Å²) < 4.78 is 0. The van der Waals surface area contributed by atoms with Gasteiger partial charge in [0.05, 0.1) is 5.69 Å². The van der Waals surface area contributed by atoms with Gasteiger partial charge in [0.2, 0.25) is 0 Å². The number of hydrogen-bond donors (Lipinski definition) is 2. The maximum absolute atomic E-state index is 4.38. The normalized spacial score (nSPS) is 11.3. The number of benzene rings is 1. The average Bonchev–Trinajstić information content (AvgIpc) is 3.22. The van der Waals surface area contributed by atoms with Crippen LogP contribution in [-0.2, 0) is 6.42 Å². The van der Waals surface area contributed by atoms with E-state index in [4.69, 9.17) is 0 Å². The minimum Gasteiger partial charge on any atom is -0.316 e. The molecule has 0 unspecified atom stereocenters. The molecule has 2 rings (SSSR count). The van der Waals surface area contributed by atoms with Gasteiger partial charge in [-0.25, -0.2) is 0 Å². The first-order valence-electron chi connectivity index (χ1n) is 12.5. The van der Waals surface area contributed by atoms with E-state index in [1.807, 2.05) is 0 Å². The van der Waals surface area contributed by atoms with Crippen LogP contribution >= 0.6 is 0 Å². The van der Waals surface area contributed by atoms with Crippen molar-refractivity contribution < 1.29 is 0 Å². The molecule has 1 aromatic carbocycles.